The van der Waals surface area contributed by atoms with Gasteiger partial charge in [-0.25, -0.2) is 4.79 Å². The average Bonchev–Trinajstić information content (AvgIpc) is 2.52. The number of benzene rings is 2. The Kier molecular flexibility index (Phi) is 3.63. The molecular formula is C19H16N2O2. The highest BCUT2D eigenvalue weighted by Crippen LogP contribution is 2.38. The van der Waals surface area contributed by atoms with Crippen molar-refractivity contribution in [1.29, 1.82) is 5.26 Å². The van der Waals surface area contributed by atoms with Gasteiger partial charge < -0.3 is 4.74 Å². The minimum absolute atomic E-state index is 0.453. The van der Waals surface area contributed by atoms with E-state index in [0.29, 0.717) is 0 Å². The van der Waals surface area contributed by atoms with E-state index < -0.39 is 11.7 Å². The van der Waals surface area contributed by atoms with Crippen LogP contribution in [-0.4, -0.2) is 6.09 Å². The molecule has 0 unspecified atom stereocenters. The van der Waals surface area contributed by atoms with Crippen molar-refractivity contribution in [3.63, 3.8) is 0 Å². The van der Waals surface area contributed by atoms with Crippen LogP contribution in [0.25, 0.3) is 5.57 Å². The van der Waals surface area contributed by atoms with Crippen LogP contribution in [0.1, 0.15) is 30.5 Å². The largest absolute Gasteiger partial charge is 0.438 e. The van der Waals surface area contributed by atoms with Crippen LogP contribution in [0, 0.1) is 11.3 Å². The van der Waals surface area contributed by atoms with Crippen LogP contribution in [0.4, 0.5) is 10.5 Å². The van der Waals surface area contributed by atoms with Gasteiger partial charge in [0.2, 0.25) is 0 Å². The van der Waals surface area contributed by atoms with E-state index in [1.165, 1.54) is 6.08 Å². The minimum atomic E-state index is -0.720. The molecule has 0 spiro atoms. The van der Waals surface area contributed by atoms with E-state index in [1.807, 2.05) is 62.4 Å². The normalized spacial score (nSPS) is 15.9. The zero-order chi connectivity index (χ0) is 16.4. The summed E-state index contributed by atoms with van der Waals surface area (Å²) in [5.74, 6) is 0. The lowest BCUT2D eigenvalue weighted by atomic mass is 9.89. The van der Waals surface area contributed by atoms with E-state index in [-0.39, 0.29) is 0 Å². The number of rotatable bonds is 2. The standard InChI is InChI=1S/C19H16N2O2/c1-19(2)16-12-14(8-9-17(16)21-18(22)23-19)15(10-11-20)13-6-4-3-5-7-13/h3-10,12H,1-2H3,(H,21,22). The number of anilines is 1. The SMILES string of the molecule is CC1(C)OC(=O)Nc2ccc(C(=CC#N)c3ccccc3)cc21. The number of carbonyl (C=O) groups is 1. The van der Waals surface area contributed by atoms with Crippen LogP contribution >= 0.6 is 0 Å². The number of amides is 1. The summed E-state index contributed by atoms with van der Waals surface area (Å²) in [5.41, 5.74) is 3.61. The molecule has 114 valence electrons. The maximum absolute atomic E-state index is 11.6. The molecule has 0 bridgehead atoms. The molecule has 2 aromatic carbocycles. The number of ether oxygens (including phenoxy) is 1. The van der Waals surface area contributed by atoms with Gasteiger partial charge in [-0.1, -0.05) is 36.4 Å². The van der Waals surface area contributed by atoms with E-state index >= 15 is 0 Å². The van der Waals surface area contributed by atoms with Crippen molar-refractivity contribution in [2.75, 3.05) is 5.32 Å². The van der Waals surface area contributed by atoms with Crippen molar-refractivity contribution in [2.24, 2.45) is 0 Å². The third-order valence-electron chi connectivity index (χ3n) is 3.86. The number of allylic oxidation sites excluding steroid dienone is 1. The molecule has 0 radical (unpaired) electrons. The van der Waals surface area contributed by atoms with Gasteiger partial charge >= 0.3 is 6.09 Å². The second-order valence-corrected chi connectivity index (χ2v) is 5.84. The predicted molar refractivity (Wildman–Crippen MR) is 88.7 cm³/mol. The summed E-state index contributed by atoms with van der Waals surface area (Å²) in [5, 5.41) is 11.8. The lowest BCUT2D eigenvalue weighted by molar-refractivity contribution is 0.0420. The van der Waals surface area contributed by atoms with Crippen molar-refractivity contribution in [3.8, 4) is 6.07 Å². The molecule has 1 N–H and O–H groups in total. The van der Waals surface area contributed by atoms with Crippen LogP contribution < -0.4 is 5.32 Å². The fraction of sp³-hybridized carbons (Fsp3) is 0.158. The second kappa shape index (κ2) is 5.62. The Morgan fingerprint density at radius 3 is 2.61 bits per heavy atom. The Bertz CT molecular complexity index is 830. The van der Waals surface area contributed by atoms with E-state index in [2.05, 4.69) is 11.4 Å². The molecule has 3 rings (SSSR count). The fourth-order valence-electron chi connectivity index (χ4n) is 2.76. The van der Waals surface area contributed by atoms with Crippen LogP contribution in [0.2, 0.25) is 0 Å². The van der Waals surface area contributed by atoms with Gasteiger partial charge in [-0.15, -0.1) is 0 Å². The number of nitrogens with one attached hydrogen (secondary N) is 1. The molecule has 1 amide bonds. The number of fused-ring (bicyclic) bond motifs is 1. The first-order valence-corrected chi connectivity index (χ1v) is 7.31. The van der Waals surface area contributed by atoms with Gasteiger partial charge in [0.05, 0.1) is 11.8 Å². The molecule has 0 fully saturated rings. The molecule has 0 atom stereocenters. The summed E-state index contributed by atoms with van der Waals surface area (Å²) in [4.78, 5) is 11.6. The summed E-state index contributed by atoms with van der Waals surface area (Å²) in [6.45, 7) is 3.70. The number of nitriles is 1. The van der Waals surface area contributed by atoms with Crippen LogP contribution in [0.3, 0.4) is 0 Å². The lowest BCUT2D eigenvalue weighted by Gasteiger charge is -2.33. The van der Waals surface area contributed by atoms with Gasteiger partial charge in [-0.2, -0.15) is 5.26 Å². The van der Waals surface area contributed by atoms with Crippen molar-refractivity contribution in [1.82, 2.24) is 0 Å². The number of cyclic esters (lactones) is 1. The van der Waals surface area contributed by atoms with Gasteiger partial charge in [0.25, 0.3) is 0 Å². The molecule has 1 aliphatic rings. The Labute approximate surface area is 135 Å². The molecule has 4 nitrogen and oxygen atoms in total. The highest BCUT2D eigenvalue weighted by molar-refractivity contribution is 5.90. The molecule has 0 aliphatic carbocycles. The van der Waals surface area contributed by atoms with Crippen LogP contribution in [-0.2, 0) is 10.3 Å². The molecule has 2 aromatic rings. The Hall–Kier alpha value is -3.06. The lowest BCUT2D eigenvalue weighted by Crippen LogP contribution is -2.34. The van der Waals surface area contributed by atoms with E-state index in [0.717, 1.165) is 28.0 Å². The van der Waals surface area contributed by atoms with E-state index in [9.17, 15) is 4.79 Å². The topological polar surface area (TPSA) is 62.1 Å². The monoisotopic (exact) mass is 304 g/mol. The summed E-state index contributed by atoms with van der Waals surface area (Å²) in [7, 11) is 0. The summed E-state index contributed by atoms with van der Waals surface area (Å²) in [6, 6.07) is 17.6. The highest BCUT2D eigenvalue weighted by Gasteiger charge is 2.33. The maximum atomic E-state index is 11.6. The first-order chi connectivity index (χ1) is 11.0. The first kappa shape index (κ1) is 14.9. The number of hydrogen-bond acceptors (Lipinski definition) is 3. The van der Waals surface area contributed by atoms with Gasteiger partial charge in [-0.3, -0.25) is 5.32 Å². The van der Waals surface area contributed by atoms with E-state index in [1.54, 1.807) is 0 Å². The summed E-state index contributed by atoms with van der Waals surface area (Å²) >= 11 is 0. The summed E-state index contributed by atoms with van der Waals surface area (Å²) in [6.07, 6.45) is 1.08. The van der Waals surface area contributed by atoms with Crippen LogP contribution in [0.5, 0.6) is 0 Å². The average molecular weight is 304 g/mol. The maximum Gasteiger partial charge on any atom is 0.412 e. The van der Waals surface area contributed by atoms with Gasteiger partial charge in [0.15, 0.2) is 0 Å². The molecule has 0 saturated carbocycles. The van der Waals surface area contributed by atoms with Gasteiger partial charge in [-0.05, 0) is 42.7 Å². The third-order valence-corrected chi connectivity index (χ3v) is 3.86. The molecule has 23 heavy (non-hydrogen) atoms. The van der Waals surface area contributed by atoms with Gasteiger partial charge in [0.1, 0.15) is 5.60 Å². The van der Waals surface area contributed by atoms with Gasteiger partial charge in [0, 0.05) is 11.6 Å². The second-order valence-electron chi connectivity index (χ2n) is 5.84. The highest BCUT2D eigenvalue weighted by atomic mass is 16.6. The number of hydrogen-bond donors (Lipinski definition) is 1. The quantitative estimate of drug-likeness (QED) is 0.834. The first-order valence-electron chi connectivity index (χ1n) is 7.31. The fourth-order valence-corrected chi connectivity index (χ4v) is 2.76. The van der Waals surface area contributed by atoms with E-state index in [4.69, 9.17) is 10.00 Å². The van der Waals surface area contributed by atoms with Crippen molar-refractivity contribution < 1.29 is 9.53 Å². The third kappa shape index (κ3) is 2.82. The smallest absolute Gasteiger partial charge is 0.412 e. The Balaban J connectivity index is 2.13. The zero-order valence-electron chi connectivity index (χ0n) is 13.0. The molecule has 1 heterocycles. The zero-order valence-corrected chi connectivity index (χ0v) is 13.0. The molecule has 0 aromatic heterocycles. The van der Waals surface area contributed by atoms with Crippen LogP contribution in [0.15, 0.2) is 54.6 Å². The molecular weight excluding hydrogens is 288 g/mol. The number of nitrogens with zero attached hydrogens (tertiary/aromatic N) is 1. The molecule has 0 saturated heterocycles. The van der Waals surface area contributed by atoms with Crippen molar-refractivity contribution in [3.05, 3.63) is 71.3 Å². The Morgan fingerprint density at radius 2 is 1.91 bits per heavy atom. The number of carbonyl (C=O) groups excluding carboxylic acids is 1. The predicted octanol–water partition coefficient (Wildman–Crippen LogP) is 4.44. The Morgan fingerprint density at radius 1 is 1.17 bits per heavy atom. The van der Waals surface area contributed by atoms with Crippen molar-refractivity contribution >= 4 is 17.4 Å². The summed E-state index contributed by atoms with van der Waals surface area (Å²) < 4.78 is 5.37. The molecule has 4 heteroatoms. The molecule has 1 aliphatic heterocycles. The minimum Gasteiger partial charge on any atom is -0.438 e. The van der Waals surface area contributed by atoms with Crippen molar-refractivity contribution in [2.45, 2.75) is 19.4 Å².